The molecule has 98 valence electrons. The third kappa shape index (κ3) is 12.1. The number of rotatable bonds is 4. The number of aliphatic hydroxyl groups is 1. The van der Waals surface area contributed by atoms with Crippen LogP contribution in [-0.2, 0) is 4.57 Å². The molecule has 1 unspecified atom stereocenters. The van der Waals surface area contributed by atoms with Gasteiger partial charge in [-0.3, -0.25) is 0 Å². The lowest BCUT2D eigenvalue weighted by atomic mass is 9.97. The van der Waals surface area contributed by atoms with Gasteiger partial charge >= 0.3 is 0 Å². The van der Waals surface area contributed by atoms with E-state index >= 15 is 0 Å². The molecule has 0 aromatic carbocycles. The fourth-order valence-corrected chi connectivity index (χ4v) is 1.93. The van der Waals surface area contributed by atoms with E-state index in [1.807, 2.05) is 0 Å². The van der Waals surface area contributed by atoms with Gasteiger partial charge in [0.25, 0.3) is 0 Å². The van der Waals surface area contributed by atoms with Gasteiger partial charge < -0.3 is 30.5 Å². The summed E-state index contributed by atoms with van der Waals surface area (Å²) in [7, 11) is -4.17. The lowest BCUT2D eigenvalue weighted by Gasteiger charge is -2.14. The minimum Gasteiger partial charge on any atom is -0.778 e. The van der Waals surface area contributed by atoms with E-state index in [9.17, 15) is 9.46 Å². The number of hydrogen-bond donors (Lipinski definition) is 4. The second kappa shape index (κ2) is 9.10. The Kier molecular flexibility index (Phi) is 9.12. The van der Waals surface area contributed by atoms with Crippen molar-refractivity contribution in [3.63, 3.8) is 0 Å². The minimum atomic E-state index is -4.17. The first-order valence-corrected chi connectivity index (χ1v) is 7.39. The zero-order valence-electron chi connectivity index (χ0n) is 9.60. The second-order valence-electron chi connectivity index (χ2n) is 4.02. The Hall–Kier alpha value is 0.0300. The van der Waals surface area contributed by atoms with Gasteiger partial charge in [-0.25, -0.2) is 0 Å². The Morgan fingerprint density at radius 1 is 1.38 bits per heavy atom. The van der Waals surface area contributed by atoms with Crippen molar-refractivity contribution in [3.05, 3.63) is 0 Å². The van der Waals surface area contributed by atoms with Crippen LogP contribution in [0.4, 0.5) is 0 Å². The maximum absolute atomic E-state index is 9.95. The lowest BCUT2D eigenvalue weighted by molar-refractivity contribution is -0.425. The predicted molar refractivity (Wildman–Crippen MR) is 59.5 cm³/mol. The molecule has 16 heavy (non-hydrogen) atoms. The summed E-state index contributed by atoms with van der Waals surface area (Å²) >= 11 is 0. The molecule has 0 spiro atoms. The van der Waals surface area contributed by atoms with E-state index in [2.05, 4.69) is 11.1 Å². The molecule has 6 nitrogen and oxygen atoms in total. The summed E-state index contributed by atoms with van der Waals surface area (Å²) in [6.45, 7) is 0.0345. The highest BCUT2D eigenvalue weighted by atomic mass is 31.2. The van der Waals surface area contributed by atoms with Crippen molar-refractivity contribution in [2.75, 3.05) is 19.4 Å². The van der Waals surface area contributed by atoms with E-state index < -0.39 is 13.9 Å². The molecule has 1 aliphatic carbocycles. The molecule has 1 saturated carbocycles. The van der Waals surface area contributed by atoms with Crippen molar-refractivity contribution in [1.29, 1.82) is 0 Å². The zero-order valence-corrected chi connectivity index (χ0v) is 10.5. The van der Waals surface area contributed by atoms with Crippen LogP contribution in [0.15, 0.2) is 0 Å². The Morgan fingerprint density at radius 2 is 1.94 bits per heavy atom. The zero-order chi connectivity index (χ0) is 12.4. The number of hydrogen-bond acceptors (Lipinski definition) is 4. The average molecular weight is 254 g/mol. The van der Waals surface area contributed by atoms with Gasteiger partial charge in [0.2, 0.25) is 0 Å². The summed E-state index contributed by atoms with van der Waals surface area (Å²) in [5, 5.41) is 10.4. The quantitative estimate of drug-likeness (QED) is 0.364. The van der Waals surface area contributed by atoms with Gasteiger partial charge in [0.05, 0.1) is 18.9 Å². The lowest BCUT2D eigenvalue weighted by Crippen LogP contribution is -2.61. The second-order valence-corrected chi connectivity index (χ2v) is 5.61. The molecule has 0 radical (unpaired) electrons. The van der Waals surface area contributed by atoms with Gasteiger partial charge in [0.15, 0.2) is 0 Å². The molecule has 7 heteroatoms. The van der Waals surface area contributed by atoms with Crippen LogP contribution < -0.4 is 15.9 Å². The van der Waals surface area contributed by atoms with Crippen LogP contribution in [0, 0.1) is 0 Å². The Morgan fingerprint density at radius 3 is 2.25 bits per heavy atom. The molecule has 1 fully saturated rings. The topological polar surface area (TPSA) is 120 Å². The van der Waals surface area contributed by atoms with E-state index in [0.29, 0.717) is 0 Å². The summed E-state index contributed by atoms with van der Waals surface area (Å²) in [5.74, 6) is 0. The first-order chi connectivity index (χ1) is 7.45. The first kappa shape index (κ1) is 16.0. The SMILES string of the molecule is O=P([O-])(O)CNCCO.[NH3+]C1CCCCC1. The van der Waals surface area contributed by atoms with Crippen molar-refractivity contribution in [3.8, 4) is 0 Å². The molecule has 1 atom stereocenters. The normalized spacial score (nSPS) is 20.8. The highest BCUT2D eigenvalue weighted by Crippen LogP contribution is 2.25. The molecule has 0 aliphatic heterocycles. The van der Waals surface area contributed by atoms with Gasteiger partial charge in [-0.05, 0) is 25.7 Å². The van der Waals surface area contributed by atoms with Crippen LogP contribution in [0.5, 0.6) is 0 Å². The number of aliphatic hydroxyl groups excluding tert-OH is 1. The van der Waals surface area contributed by atoms with Gasteiger partial charge in [-0.1, -0.05) is 6.42 Å². The Balaban J connectivity index is 0.000000288. The fraction of sp³-hybridized carbons (Fsp3) is 1.00. The van der Waals surface area contributed by atoms with Crippen LogP contribution in [-0.4, -0.2) is 35.5 Å². The number of nitrogens with one attached hydrogen (secondary N) is 1. The summed E-state index contributed by atoms with van der Waals surface area (Å²) in [5.41, 5.74) is 4.00. The average Bonchev–Trinajstić information content (AvgIpc) is 2.18. The van der Waals surface area contributed by atoms with Gasteiger partial charge in [0, 0.05) is 6.54 Å². The summed E-state index contributed by atoms with van der Waals surface area (Å²) < 4.78 is 9.95. The molecule has 1 rings (SSSR count). The highest BCUT2D eigenvalue weighted by molar-refractivity contribution is 7.50. The van der Waals surface area contributed by atoms with Crippen molar-refractivity contribution in [2.45, 2.75) is 38.1 Å². The Labute approximate surface area is 96.4 Å². The molecular weight excluding hydrogens is 231 g/mol. The molecular formula is C9H23N2O4P. The van der Waals surface area contributed by atoms with Crippen LogP contribution >= 0.6 is 7.60 Å². The largest absolute Gasteiger partial charge is 0.778 e. The molecule has 0 bridgehead atoms. The molecule has 0 amide bonds. The summed E-state index contributed by atoms with van der Waals surface area (Å²) in [4.78, 5) is 18.0. The van der Waals surface area contributed by atoms with E-state index in [1.165, 1.54) is 32.1 Å². The third-order valence-corrected chi connectivity index (χ3v) is 2.95. The van der Waals surface area contributed by atoms with Crippen LogP contribution in [0.2, 0.25) is 0 Å². The van der Waals surface area contributed by atoms with Gasteiger partial charge in [-0.15, -0.1) is 0 Å². The highest BCUT2D eigenvalue weighted by Gasteiger charge is 2.09. The first-order valence-electron chi connectivity index (χ1n) is 5.63. The van der Waals surface area contributed by atoms with Crippen LogP contribution in [0.3, 0.4) is 0 Å². The standard InChI is InChI=1S/C6H13N.C3H10NO4P/c7-6-4-2-1-3-5-6;5-2-1-4-3-9(6,7)8/h6H,1-5,7H2;4-5H,1-3H2,(H2,6,7,8). The molecule has 0 heterocycles. The van der Waals surface area contributed by atoms with E-state index in [-0.39, 0.29) is 13.2 Å². The van der Waals surface area contributed by atoms with E-state index in [0.717, 1.165) is 6.04 Å². The van der Waals surface area contributed by atoms with Crippen LogP contribution in [0.25, 0.3) is 0 Å². The fourth-order valence-electron chi connectivity index (χ4n) is 1.49. The molecule has 6 N–H and O–H groups in total. The monoisotopic (exact) mass is 254 g/mol. The van der Waals surface area contributed by atoms with Crippen LogP contribution in [0.1, 0.15) is 32.1 Å². The van der Waals surface area contributed by atoms with Crippen molar-refractivity contribution >= 4 is 7.60 Å². The summed E-state index contributed by atoms with van der Waals surface area (Å²) in [6.07, 6.45) is 6.57. The van der Waals surface area contributed by atoms with Gasteiger partial charge in [-0.2, -0.15) is 0 Å². The molecule has 1 aliphatic rings. The predicted octanol–water partition coefficient (Wildman–Crippen LogP) is -1.37. The summed E-state index contributed by atoms with van der Waals surface area (Å²) in [6, 6.07) is 0.786. The van der Waals surface area contributed by atoms with Crippen molar-refractivity contribution in [2.24, 2.45) is 0 Å². The van der Waals surface area contributed by atoms with E-state index in [4.69, 9.17) is 10.00 Å². The minimum absolute atomic E-state index is 0.139. The molecule has 0 aromatic rings. The smallest absolute Gasteiger partial charge is 0.146 e. The third-order valence-electron chi connectivity index (χ3n) is 2.32. The molecule has 0 saturated heterocycles. The van der Waals surface area contributed by atoms with Crippen molar-refractivity contribution < 1.29 is 25.2 Å². The number of quaternary nitrogens is 1. The van der Waals surface area contributed by atoms with Gasteiger partial charge in [0.1, 0.15) is 7.60 Å². The van der Waals surface area contributed by atoms with E-state index in [1.54, 1.807) is 0 Å². The molecule has 0 aromatic heterocycles. The Bertz CT molecular complexity index is 204. The van der Waals surface area contributed by atoms with Crippen molar-refractivity contribution in [1.82, 2.24) is 5.32 Å². The maximum atomic E-state index is 9.95. The maximum Gasteiger partial charge on any atom is 0.146 e.